The Morgan fingerprint density at radius 1 is 1.25 bits per heavy atom. The quantitative estimate of drug-likeness (QED) is 0.608. The van der Waals surface area contributed by atoms with Gasteiger partial charge in [-0.2, -0.15) is 0 Å². The minimum absolute atomic E-state index is 0.769. The van der Waals surface area contributed by atoms with E-state index in [9.17, 15) is 4.79 Å². The fraction of sp³-hybridized carbons (Fsp3) is 0.182. The molecule has 0 aliphatic heterocycles. The van der Waals surface area contributed by atoms with Gasteiger partial charge in [0, 0.05) is 5.56 Å². The summed E-state index contributed by atoms with van der Waals surface area (Å²) in [4.78, 5) is 10.6. The molecule has 0 radical (unpaired) electrons. The van der Waals surface area contributed by atoms with Gasteiger partial charge in [0.2, 0.25) is 0 Å². The van der Waals surface area contributed by atoms with E-state index in [1.807, 2.05) is 44.2 Å². The van der Waals surface area contributed by atoms with Gasteiger partial charge < -0.3 is 0 Å². The van der Waals surface area contributed by atoms with Crippen LogP contribution in [0.4, 0.5) is 0 Å². The Kier molecular flexibility index (Phi) is 2.81. The van der Waals surface area contributed by atoms with E-state index >= 15 is 0 Å². The van der Waals surface area contributed by atoms with Crippen LogP contribution < -0.4 is 0 Å². The second-order valence-electron chi connectivity index (χ2n) is 2.68. The van der Waals surface area contributed by atoms with Crippen molar-refractivity contribution in [1.82, 2.24) is 0 Å². The first kappa shape index (κ1) is 8.72. The van der Waals surface area contributed by atoms with Gasteiger partial charge in [-0.3, -0.25) is 4.79 Å². The van der Waals surface area contributed by atoms with Crippen molar-refractivity contribution in [3.63, 3.8) is 0 Å². The molecule has 0 atom stereocenters. The third-order valence-electron chi connectivity index (χ3n) is 1.89. The highest BCUT2D eigenvalue weighted by atomic mass is 16.1. The van der Waals surface area contributed by atoms with E-state index < -0.39 is 0 Å². The second-order valence-corrected chi connectivity index (χ2v) is 2.68. The van der Waals surface area contributed by atoms with Crippen LogP contribution in [-0.4, -0.2) is 6.29 Å². The Balaban J connectivity index is 3.22. The summed E-state index contributed by atoms with van der Waals surface area (Å²) in [5.74, 6) is 0. The van der Waals surface area contributed by atoms with Gasteiger partial charge >= 0.3 is 0 Å². The lowest BCUT2D eigenvalue weighted by molar-refractivity contribution is 0.112. The highest BCUT2D eigenvalue weighted by molar-refractivity contribution is 5.79. The minimum atomic E-state index is 0.769. The Hall–Kier alpha value is -1.37. The molecule has 0 aromatic heterocycles. The average Bonchev–Trinajstić information content (AvgIpc) is 2.09. The molecule has 12 heavy (non-hydrogen) atoms. The van der Waals surface area contributed by atoms with Gasteiger partial charge in [-0.1, -0.05) is 30.4 Å². The van der Waals surface area contributed by atoms with Gasteiger partial charge in [0.05, 0.1) is 0 Å². The van der Waals surface area contributed by atoms with E-state index in [4.69, 9.17) is 0 Å². The van der Waals surface area contributed by atoms with E-state index in [2.05, 4.69) is 0 Å². The monoisotopic (exact) mass is 160 g/mol. The van der Waals surface area contributed by atoms with E-state index in [0.29, 0.717) is 0 Å². The zero-order chi connectivity index (χ0) is 8.97. The number of carbonyl (C=O) groups excluding carboxylic acids is 1. The smallest absolute Gasteiger partial charge is 0.150 e. The molecule has 1 rings (SSSR count). The molecule has 1 heteroatoms. The average molecular weight is 160 g/mol. The first-order valence-corrected chi connectivity index (χ1v) is 3.97. The van der Waals surface area contributed by atoms with Crippen LogP contribution in [0.15, 0.2) is 24.3 Å². The summed E-state index contributed by atoms with van der Waals surface area (Å²) in [6.45, 7) is 3.92. The lowest BCUT2D eigenvalue weighted by Crippen LogP contribution is -1.88. The molecule has 0 saturated carbocycles. The fourth-order valence-electron chi connectivity index (χ4n) is 1.16. The van der Waals surface area contributed by atoms with E-state index in [1.165, 1.54) is 0 Å². The maximum atomic E-state index is 10.6. The summed E-state index contributed by atoms with van der Waals surface area (Å²) >= 11 is 0. The zero-order valence-electron chi connectivity index (χ0n) is 7.37. The Morgan fingerprint density at radius 3 is 2.50 bits per heavy atom. The van der Waals surface area contributed by atoms with Gasteiger partial charge in [-0.05, 0) is 25.0 Å². The summed E-state index contributed by atoms with van der Waals surface area (Å²) in [5.41, 5.74) is 2.93. The maximum absolute atomic E-state index is 10.6. The van der Waals surface area contributed by atoms with Gasteiger partial charge in [-0.25, -0.2) is 0 Å². The van der Waals surface area contributed by atoms with Crippen molar-refractivity contribution in [2.24, 2.45) is 0 Å². The molecule has 1 nitrogen and oxygen atoms in total. The van der Waals surface area contributed by atoms with Crippen molar-refractivity contribution in [3.8, 4) is 0 Å². The topological polar surface area (TPSA) is 17.1 Å². The largest absolute Gasteiger partial charge is 0.298 e. The highest BCUT2D eigenvalue weighted by Gasteiger charge is 1.98. The third kappa shape index (κ3) is 1.62. The molecule has 0 fully saturated rings. The normalized spacial score (nSPS) is 10.5. The summed E-state index contributed by atoms with van der Waals surface area (Å²) in [5, 5.41) is 0. The van der Waals surface area contributed by atoms with Crippen LogP contribution in [0, 0.1) is 6.92 Å². The molecule has 0 bridgehead atoms. The van der Waals surface area contributed by atoms with Gasteiger partial charge in [-0.15, -0.1) is 0 Å². The first-order valence-electron chi connectivity index (χ1n) is 3.97. The molecule has 1 aromatic carbocycles. The summed E-state index contributed by atoms with van der Waals surface area (Å²) in [6.07, 6.45) is 4.86. The molecule has 62 valence electrons. The van der Waals surface area contributed by atoms with Gasteiger partial charge in [0.25, 0.3) is 0 Å². The summed E-state index contributed by atoms with van der Waals surface area (Å²) < 4.78 is 0. The molecule has 0 amide bonds. The summed E-state index contributed by atoms with van der Waals surface area (Å²) in [6, 6.07) is 5.73. The molecular formula is C11H12O. The van der Waals surface area contributed by atoms with E-state index in [0.717, 1.165) is 23.0 Å². The SMILES string of the molecule is C/C=C\c1cccc(C=O)c1C. The lowest BCUT2D eigenvalue weighted by atomic mass is 10.0. The molecule has 0 N–H and O–H groups in total. The van der Waals surface area contributed by atoms with Crippen molar-refractivity contribution in [2.75, 3.05) is 0 Å². The Labute approximate surface area is 72.7 Å². The number of aldehydes is 1. The first-order chi connectivity index (χ1) is 5.79. The lowest BCUT2D eigenvalue weighted by Gasteiger charge is -2.01. The van der Waals surface area contributed by atoms with Crippen LogP contribution in [0.25, 0.3) is 6.08 Å². The number of hydrogen-bond donors (Lipinski definition) is 0. The molecule has 0 heterocycles. The van der Waals surface area contributed by atoms with Crippen molar-refractivity contribution in [1.29, 1.82) is 0 Å². The van der Waals surface area contributed by atoms with E-state index in [-0.39, 0.29) is 0 Å². The van der Waals surface area contributed by atoms with Gasteiger partial charge in [0.15, 0.2) is 0 Å². The second kappa shape index (κ2) is 3.86. The summed E-state index contributed by atoms with van der Waals surface area (Å²) in [7, 11) is 0. The van der Waals surface area contributed by atoms with Crippen LogP contribution in [0.2, 0.25) is 0 Å². The number of benzene rings is 1. The van der Waals surface area contributed by atoms with Crippen LogP contribution in [0.1, 0.15) is 28.4 Å². The van der Waals surface area contributed by atoms with Gasteiger partial charge in [0.1, 0.15) is 6.29 Å². The predicted molar refractivity (Wildman–Crippen MR) is 51.3 cm³/mol. The van der Waals surface area contributed by atoms with Crippen LogP contribution in [0.3, 0.4) is 0 Å². The van der Waals surface area contributed by atoms with Crippen molar-refractivity contribution < 1.29 is 4.79 Å². The molecule has 0 unspecified atom stereocenters. The van der Waals surface area contributed by atoms with Crippen LogP contribution in [0.5, 0.6) is 0 Å². The van der Waals surface area contributed by atoms with Crippen LogP contribution in [-0.2, 0) is 0 Å². The molecule has 1 aromatic rings. The minimum Gasteiger partial charge on any atom is -0.298 e. The number of hydrogen-bond acceptors (Lipinski definition) is 1. The highest BCUT2D eigenvalue weighted by Crippen LogP contribution is 2.13. The van der Waals surface area contributed by atoms with Crippen molar-refractivity contribution in [3.05, 3.63) is 41.0 Å². The third-order valence-corrected chi connectivity index (χ3v) is 1.89. The molecule has 0 spiro atoms. The molecule has 0 saturated heterocycles. The van der Waals surface area contributed by atoms with Crippen LogP contribution >= 0.6 is 0 Å². The van der Waals surface area contributed by atoms with E-state index in [1.54, 1.807) is 0 Å². The number of allylic oxidation sites excluding steroid dienone is 1. The molecule has 0 aliphatic rings. The number of carbonyl (C=O) groups is 1. The molecular weight excluding hydrogens is 148 g/mol. The number of rotatable bonds is 2. The Bertz CT molecular complexity index is 311. The fourth-order valence-corrected chi connectivity index (χ4v) is 1.16. The Morgan fingerprint density at radius 2 is 1.92 bits per heavy atom. The standard InChI is InChI=1S/C11H12O/c1-3-5-10-6-4-7-11(8-12)9(10)2/h3-8H,1-2H3/b5-3-. The molecule has 0 aliphatic carbocycles. The maximum Gasteiger partial charge on any atom is 0.150 e. The zero-order valence-corrected chi connectivity index (χ0v) is 7.37. The predicted octanol–water partition coefficient (Wildman–Crippen LogP) is 2.84. The van der Waals surface area contributed by atoms with Crippen molar-refractivity contribution >= 4 is 12.4 Å². The van der Waals surface area contributed by atoms with Crippen molar-refractivity contribution in [2.45, 2.75) is 13.8 Å².